The Morgan fingerprint density at radius 3 is 2.33 bits per heavy atom. The minimum atomic E-state index is -3.01. The second kappa shape index (κ2) is 7.94. The molecule has 1 atom stereocenters. The van der Waals surface area contributed by atoms with Gasteiger partial charge in [0.1, 0.15) is 5.75 Å². The Labute approximate surface area is 177 Å². The molecular formula is C21H28N4O4S. The predicted octanol–water partition coefficient (Wildman–Crippen LogP) is 1.83. The molecule has 1 aromatic carbocycles. The van der Waals surface area contributed by atoms with Gasteiger partial charge in [0.05, 0.1) is 35.9 Å². The van der Waals surface area contributed by atoms with Gasteiger partial charge in [-0.05, 0) is 44.5 Å². The maximum atomic E-state index is 13.2. The highest BCUT2D eigenvalue weighted by Gasteiger charge is 2.33. The lowest BCUT2D eigenvalue weighted by atomic mass is 10.1. The predicted molar refractivity (Wildman–Crippen MR) is 115 cm³/mol. The number of hydrogen-bond acceptors (Lipinski definition) is 6. The largest absolute Gasteiger partial charge is 0.497 e. The summed E-state index contributed by atoms with van der Waals surface area (Å²) in [5.41, 5.74) is 3.15. The van der Waals surface area contributed by atoms with Gasteiger partial charge in [0, 0.05) is 37.6 Å². The first-order valence-electron chi connectivity index (χ1n) is 10.2. The summed E-state index contributed by atoms with van der Waals surface area (Å²) in [5.74, 6) is 1.09. The number of anilines is 1. The Balaban J connectivity index is 1.45. The van der Waals surface area contributed by atoms with Crippen LogP contribution in [0, 0.1) is 13.8 Å². The van der Waals surface area contributed by atoms with Crippen molar-refractivity contribution in [1.82, 2.24) is 14.7 Å². The van der Waals surface area contributed by atoms with Gasteiger partial charge >= 0.3 is 0 Å². The fraction of sp³-hybridized carbons (Fsp3) is 0.524. The first-order chi connectivity index (χ1) is 14.3. The Hall–Kier alpha value is -2.55. The Kier molecular flexibility index (Phi) is 5.48. The molecule has 9 heteroatoms. The quantitative estimate of drug-likeness (QED) is 0.733. The number of nitrogens with zero attached hydrogens (tertiary/aromatic N) is 4. The number of hydrogen-bond donors (Lipinski definition) is 0. The van der Waals surface area contributed by atoms with E-state index in [0.717, 1.165) is 30.2 Å². The molecule has 0 unspecified atom stereocenters. The summed E-state index contributed by atoms with van der Waals surface area (Å²) in [6.07, 6.45) is 0.554. The van der Waals surface area contributed by atoms with Crippen molar-refractivity contribution in [2.75, 3.05) is 49.7 Å². The number of aryl methyl sites for hydroxylation is 1. The summed E-state index contributed by atoms with van der Waals surface area (Å²) in [7, 11) is -1.36. The van der Waals surface area contributed by atoms with Crippen LogP contribution in [0.3, 0.4) is 0 Å². The van der Waals surface area contributed by atoms with Crippen molar-refractivity contribution in [3.63, 3.8) is 0 Å². The molecule has 0 spiro atoms. The second-order valence-corrected chi connectivity index (χ2v) is 10.3. The summed E-state index contributed by atoms with van der Waals surface area (Å²) in [6.45, 7) is 6.47. The molecule has 1 amide bonds. The third-order valence-corrected chi connectivity index (χ3v) is 7.85. The minimum absolute atomic E-state index is 0.0218. The van der Waals surface area contributed by atoms with Crippen molar-refractivity contribution in [2.24, 2.45) is 0 Å². The number of carbonyl (C=O) groups excluding carboxylic acids is 1. The molecule has 2 aliphatic heterocycles. The molecule has 30 heavy (non-hydrogen) atoms. The molecule has 1 aromatic heterocycles. The lowest BCUT2D eigenvalue weighted by molar-refractivity contribution is 0.0745. The molecule has 2 saturated heterocycles. The van der Waals surface area contributed by atoms with Crippen molar-refractivity contribution in [3.05, 3.63) is 41.2 Å². The van der Waals surface area contributed by atoms with Crippen LogP contribution >= 0.6 is 0 Å². The molecule has 2 fully saturated rings. The summed E-state index contributed by atoms with van der Waals surface area (Å²) in [5, 5.41) is 4.53. The molecular weight excluding hydrogens is 404 g/mol. The van der Waals surface area contributed by atoms with Crippen LogP contribution < -0.4 is 9.64 Å². The monoisotopic (exact) mass is 432 g/mol. The van der Waals surface area contributed by atoms with Gasteiger partial charge in [-0.1, -0.05) is 0 Å². The van der Waals surface area contributed by atoms with E-state index in [2.05, 4.69) is 10.00 Å². The number of amides is 1. The number of aromatic nitrogens is 2. The fourth-order valence-electron chi connectivity index (χ4n) is 4.42. The van der Waals surface area contributed by atoms with Crippen LogP contribution in [0.25, 0.3) is 0 Å². The highest BCUT2D eigenvalue weighted by molar-refractivity contribution is 7.91. The second-order valence-electron chi connectivity index (χ2n) is 8.02. The van der Waals surface area contributed by atoms with E-state index < -0.39 is 9.84 Å². The van der Waals surface area contributed by atoms with Crippen molar-refractivity contribution in [2.45, 2.75) is 26.3 Å². The summed E-state index contributed by atoms with van der Waals surface area (Å²) in [4.78, 5) is 17.4. The van der Waals surface area contributed by atoms with Crippen molar-refractivity contribution < 1.29 is 17.9 Å². The number of rotatable bonds is 4. The number of methoxy groups -OCH3 is 1. The van der Waals surface area contributed by atoms with Gasteiger partial charge in [-0.15, -0.1) is 0 Å². The summed E-state index contributed by atoms with van der Waals surface area (Å²) >= 11 is 0. The third kappa shape index (κ3) is 3.90. The van der Waals surface area contributed by atoms with Crippen LogP contribution in [-0.4, -0.2) is 73.8 Å². The molecule has 2 aliphatic rings. The van der Waals surface area contributed by atoms with E-state index in [9.17, 15) is 13.2 Å². The fourth-order valence-corrected chi connectivity index (χ4v) is 6.11. The van der Waals surface area contributed by atoms with Gasteiger partial charge in [0.25, 0.3) is 5.91 Å². The number of benzene rings is 1. The Morgan fingerprint density at radius 2 is 1.77 bits per heavy atom. The van der Waals surface area contributed by atoms with Gasteiger partial charge in [-0.3, -0.25) is 9.48 Å². The molecule has 0 N–H and O–H groups in total. The van der Waals surface area contributed by atoms with E-state index in [4.69, 9.17) is 4.74 Å². The maximum Gasteiger partial charge on any atom is 0.257 e. The topological polar surface area (TPSA) is 84.7 Å². The van der Waals surface area contributed by atoms with Crippen LogP contribution in [0.4, 0.5) is 5.69 Å². The lowest BCUT2D eigenvalue weighted by Gasteiger charge is -2.36. The normalized spacial score (nSPS) is 21.1. The molecule has 2 aromatic rings. The van der Waals surface area contributed by atoms with Gasteiger partial charge in [0.15, 0.2) is 9.84 Å². The van der Waals surface area contributed by atoms with Crippen LogP contribution in [0.1, 0.15) is 34.2 Å². The molecule has 162 valence electrons. The third-order valence-electron chi connectivity index (χ3n) is 6.10. The number of sulfone groups is 1. The Morgan fingerprint density at radius 1 is 1.10 bits per heavy atom. The van der Waals surface area contributed by atoms with Crippen LogP contribution in [0.5, 0.6) is 5.75 Å². The number of piperazine rings is 1. The standard InChI is InChI=1S/C21H28N4O4S/c1-15-20(16(2)25(22-15)18-8-13-30(27,28)14-18)21(26)24-11-9-23(10-12-24)17-4-6-19(29-3)7-5-17/h4-7,18H,8-14H2,1-3H3/t18-/m1/s1. The van der Waals surface area contributed by atoms with Crippen LogP contribution in [-0.2, 0) is 9.84 Å². The number of ether oxygens (including phenoxy) is 1. The van der Waals surface area contributed by atoms with E-state index in [1.54, 1.807) is 11.8 Å². The van der Waals surface area contributed by atoms with E-state index in [0.29, 0.717) is 30.8 Å². The average Bonchev–Trinajstić information content (AvgIpc) is 3.25. The molecule has 0 aliphatic carbocycles. The first-order valence-corrected chi connectivity index (χ1v) is 12.1. The van der Waals surface area contributed by atoms with Crippen LogP contribution in [0.15, 0.2) is 24.3 Å². The smallest absolute Gasteiger partial charge is 0.257 e. The molecule has 0 saturated carbocycles. The zero-order valence-corrected chi connectivity index (χ0v) is 18.5. The van der Waals surface area contributed by atoms with Crippen LogP contribution in [0.2, 0.25) is 0 Å². The molecule has 0 bridgehead atoms. The molecule has 4 rings (SSSR count). The van der Waals surface area contributed by atoms with Gasteiger partial charge in [-0.2, -0.15) is 5.10 Å². The van der Waals surface area contributed by atoms with E-state index in [1.165, 1.54) is 0 Å². The van der Waals surface area contributed by atoms with Gasteiger partial charge in [0.2, 0.25) is 0 Å². The summed E-state index contributed by atoms with van der Waals surface area (Å²) in [6, 6.07) is 7.77. The highest BCUT2D eigenvalue weighted by atomic mass is 32.2. The molecule has 8 nitrogen and oxygen atoms in total. The van der Waals surface area contributed by atoms with Crippen molar-refractivity contribution in [1.29, 1.82) is 0 Å². The van der Waals surface area contributed by atoms with E-state index in [-0.39, 0.29) is 23.5 Å². The maximum absolute atomic E-state index is 13.2. The van der Waals surface area contributed by atoms with E-state index >= 15 is 0 Å². The lowest BCUT2D eigenvalue weighted by Crippen LogP contribution is -2.49. The van der Waals surface area contributed by atoms with Crippen molar-refractivity contribution in [3.8, 4) is 5.75 Å². The molecule has 3 heterocycles. The zero-order chi connectivity index (χ0) is 21.5. The molecule has 0 radical (unpaired) electrons. The van der Waals surface area contributed by atoms with Gasteiger partial charge in [-0.25, -0.2) is 8.42 Å². The van der Waals surface area contributed by atoms with Gasteiger partial charge < -0.3 is 14.5 Å². The zero-order valence-electron chi connectivity index (χ0n) is 17.7. The summed E-state index contributed by atoms with van der Waals surface area (Å²) < 4.78 is 30.7. The minimum Gasteiger partial charge on any atom is -0.497 e. The first kappa shape index (κ1) is 20.7. The van der Waals surface area contributed by atoms with E-state index in [1.807, 2.05) is 43.0 Å². The Bertz CT molecular complexity index is 1040. The average molecular weight is 433 g/mol. The van der Waals surface area contributed by atoms with Crippen molar-refractivity contribution >= 4 is 21.4 Å². The SMILES string of the molecule is COc1ccc(N2CCN(C(=O)c3c(C)nn([C@@H]4CCS(=O)(=O)C4)c3C)CC2)cc1. The number of carbonyl (C=O) groups is 1. The highest BCUT2D eigenvalue weighted by Crippen LogP contribution is 2.28.